The number of aryl methyl sites for hydroxylation is 1. The van der Waals surface area contributed by atoms with Crippen molar-refractivity contribution in [1.29, 1.82) is 5.26 Å². The molecule has 2 fully saturated rings. The minimum atomic E-state index is -0.775. The summed E-state index contributed by atoms with van der Waals surface area (Å²) >= 11 is 0. The molecule has 0 aliphatic heterocycles. The van der Waals surface area contributed by atoms with Crippen LogP contribution < -0.4 is 0 Å². The molecular weight excluding hydrogens is 401 g/mol. The topological polar surface area (TPSA) is 50.1 Å². The zero-order valence-electron chi connectivity index (χ0n) is 19.3. The van der Waals surface area contributed by atoms with Crippen LogP contribution in [-0.4, -0.2) is 12.1 Å². The van der Waals surface area contributed by atoms with Gasteiger partial charge < -0.3 is 4.74 Å². The number of allylic oxidation sites excluding steroid dienone is 4. The van der Waals surface area contributed by atoms with Gasteiger partial charge in [0.15, 0.2) is 5.83 Å². The summed E-state index contributed by atoms with van der Waals surface area (Å²) in [6.07, 6.45) is 15.9. The summed E-state index contributed by atoms with van der Waals surface area (Å²) in [6.45, 7) is 2.22. The highest BCUT2D eigenvalue weighted by molar-refractivity contribution is 5.72. The molecule has 0 heterocycles. The highest BCUT2D eigenvalue weighted by Crippen LogP contribution is 2.37. The SMILES string of the molecule is CCCCc1ccc(C2CCC(C(=O)OC3CCC(C=CC=C(F)C#N)CC3)CC2)cc1. The highest BCUT2D eigenvalue weighted by Gasteiger charge is 2.30. The summed E-state index contributed by atoms with van der Waals surface area (Å²) in [6, 6.07) is 10.6. The molecule has 0 radical (unpaired) electrons. The first-order valence-corrected chi connectivity index (χ1v) is 12.3. The van der Waals surface area contributed by atoms with Crippen LogP contribution in [0.1, 0.15) is 88.2 Å². The van der Waals surface area contributed by atoms with E-state index in [1.54, 1.807) is 6.08 Å². The zero-order valence-corrected chi connectivity index (χ0v) is 19.3. The van der Waals surface area contributed by atoms with Crippen molar-refractivity contribution >= 4 is 5.97 Å². The van der Waals surface area contributed by atoms with Crippen molar-refractivity contribution in [2.45, 2.75) is 89.6 Å². The van der Waals surface area contributed by atoms with Gasteiger partial charge in [0.1, 0.15) is 12.2 Å². The van der Waals surface area contributed by atoms with Crippen molar-refractivity contribution in [2.75, 3.05) is 0 Å². The molecule has 0 bridgehead atoms. The summed E-state index contributed by atoms with van der Waals surface area (Å²) in [7, 11) is 0. The second-order valence-corrected chi connectivity index (χ2v) is 9.38. The lowest BCUT2D eigenvalue weighted by Crippen LogP contribution is -2.29. The first-order chi connectivity index (χ1) is 15.6. The predicted octanol–water partition coefficient (Wildman–Crippen LogP) is 7.34. The summed E-state index contributed by atoms with van der Waals surface area (Å²) < 4.78 is 18.7. The molecule has 0 atom stereocenters. The van der Waals surface area contributed by atoms with E-state index in [1.807, 2.05) is 6.08 Å². The number of benzene rings is 1. The monoisotopic (exact) mass is 437 g/mol. The lowest BCUT2D eigenvalue weighted by atomic mass is 9.78. The number of nitriles is 1. The van der Waals surface area contributed by atoms with Crippen LogP contribution in [0.15, 0.2) is 48.3 Å². The fourth-order valence-corrected chi connectivity index (χ4v) is 4.99. The Morgan fingerprint density at radius 2 is 1.78 bits per heavy atom. The van der Waals surface area contributed by atoms with Gasteiger partial charge in [0.25, 0.3) is 0 Å². The molecule has 0 aromatic heterocycles. The van der Waals surface area contributed by atoms with Gasteiger partial charge in [-0.15, -0.1) is 0 Å². The molecule has 3 rings (SSSR count). The summed E-state index contributed by atoms with van der Waals surface area (Å²) in [5.41, 5.74) is 2.83. The number of carbonyl (C=O) groups excluding carboxylic acids is 1. The van der Waals surface area contributed by atoms with Crippen LogP contribution in [0.5, 0.6) is 0 Å². The van der Waals surface area contributed by atoms with Gasteiger partial charge >= 0.3 is 5.97 Å². The Kier molecular flexibility index (Phi) is 9.53. The smallest absolute Gasteiger partial charge is 0.309 e. The molecule has 2 aliphatic carbocycles. The van der Waals surface area contributed by atoms with E-state index in [1.165, 1.54) is 36.1 Å². The Labute approximate surface area is 192 Å². The number of unbranched alkanes of at least 4 members (excludes halogenated alkanes) is 1. The lowest BCUT2D eigenvalue weighted by molar-refractivity contribution is -0.157. The largest absolute Gasteiger partial charge is 0.462 e. The molecule has 32 heavy (non-hydrogen) atoms. The first kappa shape index (κ1) is 24.2. The van der Waals surface area contributed by atoms with E-state index in [9.17, 15) is 9.18 Å². The van der Waals surface area contributed by atoms with Crippen LogP contribution in [0, 0.1) is 23.2 Å². The molecule has 1 aromatic carbocycles. The average molecular weight is 438 g/mol. The first-order valence-electron chi connectivity index (χ1n) is 12.3. The third-order valence-corrected chi connectivity index (χ3v) is 7.06. The third-order valence-electron chi connectivity index (χ3n) is 7.06. The molecule has 0 N–H and O–H groups in total. The zero-order chi connectivity index (χ0) is 22.8. The van der Waals surface area contributed by atoms with Crippen LogP contribution >= 0.6 is 0 Å². The van der Waals surface area contributed by atoms with Crippen LogP contribution in [0.2, 0.25) is 0 Å². The number of ether oxygens (including phenoxy) is 1. The van der Waals surface area contributed by atoms with Crippen LogP contribution in [0.4, 0.5) is 4.39 Å². The van der Waals surface area contributed by atoms with Crippen molar-refractivity contribution in [1.82, 2.24) is 0 Å². The maximum atomic E-state index is 12.8. The predicted molar refractivity (Wildman–Crippen MR) is 126 cm³/mol. The molecular formula is C28H36FNO2. The van der Waals surface area contributed by atoms with Gasteiger partial charge in [0, 0.05) is 0 Å². The maximum Gasteiger partial charge on any atom is 0.309 e. The van der Waals surface area contributed by atoms with Crippen LogP contribution in [0.3, 0.4) is 0 Å². The molecule has 0 unspecified atom stereocenters. The highest BCUT2D eigenvalue weighted by atomic mass is 19.1. The number of hydrogen-bond acceptors (Lipinski definition) is 3. The Bertz CT molecular complexity index is 820. The second kappa shape index (κ2) is 12.6. The number of hydrogen-bond donors (Lipinski definition) is 0. The molecule has 2 aliphatic rings. The lowest BCUT2D eigenvalue weighted by Gasteiger charge is -2.31. The molecule has 1 aromatic rings. The van der Waals surface area contributed by atoms with E-state index in [4.69, 9.17) is 10.00 Å². The van der Waals surface area contributed by atoms with Crippen molar-refractivity contribution in [2.24, 2.45) is 11.8 Å². The Morgan fingerprint density at radius 3 is 2.41 bits per heavy atom. The number of nitrogens with zero attached hydrogens (tertiary/aromatic N) is 1. The van der Waals surface area contributed by atoms with Crippen LogP contribution in [0.25, 0.3) is 0 Å². The van der Waals surface area contributed by atoms with Gasteiger partial charge in [-0.25, -0.2) is 0 Å². The molecule has 2 saturated carbocycles. The minimum absolute atomic E-state index is 0.00641. The molecule has 0 spiro atoms. The fourth-order valence-electron chi connectivity index (χ4n) is 4.99. The maximum absolute atomic E-state index is 12.8. The van der Waals surface area contributed by atoms with Gasteiger partial charge in [0.05, 0.1) is 5.92 Å². The van der Waals surface area contributed by atoms with E-state index in [-0.39, 0.29) is 18.0 Å². The van der Waals surface area contributed by atoms with Gasteiger partial charge in [-0.05, 0) is 93.2 Å². The second-order valence-electron chi connectivity index (χ2n) is 9.38. The quantitative estimate of drug-likeness (QED) is 0.243. The van der Waals surface area contributed by atoms with E-state index < -0.39 is 5.83 Å². The van der Waals surface area contributed by atoms with Crippen molar-refractivity contribution in [3.8, 4) is 6.07 Å². The van der Waals surface area contributed by atoms with E-state index in [2.05, 4.69) is 31.2 Å². The number of carbonyl (C=O) groups is 1. The summed E-state index contributed by atoms with van der Waals surface area (Å²) in [5.74, 6) is 0.156. The third kappa shape index (κ3) is 7.33. The average Bonchev–Trinajstić information content (AvgIpc) is 2.84. The molecule has 172 valence electrons. The van der Waals surface area contributed by atoms with E-state index in [0.717, 1.165) is 57.8 Å². The van der Waals surface area contributed by atoms with Gasteiger partial charge in [-0.3, -0.25) is 4.79 Å². The summed E-state index contributed by atoms with van der Waals surface area (Å²) in [5, 5.41) is 8.43. The van der Waals surface area contributed by atoms with Gasteiger partial charge in [-0.1, -0.05) is 49.8 Å². The standard InChI is InChI=1S/C28H36FNO2/c1-2-3-5-21-8-12-23(13-9-21)24-14-16-25(17-15-24)28(31)32-27-18-10-22(11-19-27)6-4-7-26(29)20-30/h4,6-9,12-13,22,24-25,27H,2-3,5,10-11,14-19H2,1H3. The van der Waals surface area contributed by atoms with E-state index >= 15 is 0 Å². The van der Waals surface area contributed by atoms with Crippen LogP contribution in [-0.2, 0) is 16.0 Å². The number of halogens is 1. The number of esters is 1. The number of rotatable bonds is 8. The van der Waals surface area contributed by atoms with Crippen molar-refractivity contribution in [3.63, 3.8) is 0 Å². The Morgan fingerprint density at radius 1 is 1.09 bits per heavy atom. The minimum Gasteiger partial charge on any atom is -0.462 e. The normalized spacial score (nSPS) is 26.6. The molecule has 3 nitrogen and oxygen atoms in total. The van der Waals surface area contributed by atoms with E-state index in [0.29, 0.717) is 11.8 Å². The Balaban J connectivity index is 1.38. The Hall–Kier alpha value is -2.41. The molecule has 0 amide bonds. The summed E-state index contributed by atoms with van der Waals surface area (Å²) in [4.78, 5) is 12.7. The van der Waals surface area contributed by atoms with Crippen molar-refractivity contribution < 1.29 is 13.9 Å². The van der Waals surface area contributed by atoms with Crippen molar-refractivity contribution in [3.05, 3.63) is 59.4 Å². The molecule has 4 heteroatoms. The molecule has 0 saturated heterocycles. The fraction of sp³-hybridized carbons (Fsp3) is 0.571. The van der Waals surface area contributed by atoms with Gasteiger partial charge in [-0.2, -0.15) is 9.65 Å². The van der Waals surface area contributed by atoms with Gasteiger partial charge in [0.2, 0.25) is 0 Å².